The Morgan fingerprint density at radius 3 is 2.91 bits per heavy atom. The molecule has 0 saturated carbocycles. The molecule has 0 spiro atoms. The Balaban J connectivity index is 1.48. The number of nitrogens with one attached hydrogen (secondary N) is 1. The van der Waals surface area contributed by atoms with Crippen molar-refractivity contribution < 1.29 is 18.8 Å². The molecule has 1 amide bonds. The number of amides is 1. The number of nitro groups is 1. The van der Waals surface area contributed by atoms with Crippen molar-refractivity contribution in [3.8, 4) is 0 Å². The quantitative estimate of drug-likeness (QED) is 0.291. The Hall–Kier alpha value is -2.79. The van der Waals surface area contributed by atoms with Crippen LogP contribution in [0.15, 0.2) is 28.0 Å². The molecule has 1 N–H and O–H groups in total. The van der Waals surface area contributed by atoms with Crippen molar-refractivity contribution in [2.24, 2.45) is 0 Å². The second kappa shape index (κ2) is 9.78. The van der Waals surface area contributed by atoms with Crippen LogP contribution in [-0.4, -0.2) is 38.8 Å². The highest BCUT2D eigenvalue weighted by Crippen LogP contribution is 2.29. The zero-order valence-corrected chi connectivity index (χ0v) is 18.2. The lowest BCUT2D eigenvalue weighted by Gasteiger charge is -2.24. The summed E-state index contributed by atoms with van der Waals surface area (Å²) in [4.78, 5) is 39.4. The molecular formula is C21H23FN4O5S. The van der Waals surface area contributed by atoms with E-state index < -0.39 is 22.3 Å². The van der Waals surface area contributed by atoms with E-state index in [1.54, 1.807) is 4.57 Å². The van der Waals surface area contributed by atoms with Crippen molar-refractivity contribution in [1.82, 2.24) is 9.55 Å². The monoisotopic (exact) mass is 462 g/mol. The average Bonchev–Trinajstić information content (AvgIpc) is 3.29. The zero-order valence-electron chi connectivity index (χ0n) is 17.3. The number of hydrogen-bond acceptors (Lipinski definition) is 7. The number of fused-ring (bicyclic) bond motifs is 1. The molecule has 0 unspecified atom stereocenters. The maximum atomic E-state index is 13.5. The maximum absolute atomic E-state index is 13.5. The molecule has 1 aromatic heterocycles. The Kier molecular flexibility index (Phi) is 6.85. The third-order valence-electron chi connectivity index (χ3n) is 5.63. The summed E-state index contributed by atoms with van der Waals surface area (Å²) in [5.74, 6) is -1.42. The third-order valence-corrected chi connectivity index (χ3v) is 6.65. The molecule has 2 aromatic rings. The van der Waals surface area contributed by atoms with Gasteiger partial charge in [-0.25, -0.2) is 4.79 Å². The number of benzene rings is 1. The number of anilines is 1. The van der Waals surface area contributed by atoms with E-state index in [0.29, 0.717) is 11.6 Å². The standard InChI is InChI=1S/C21H23FN4O5S/c22-16-8-7-13(10-18(16)26(29)30)23-19(27)12-32-20-15-5-1-2-6-17(15)25(21(28)24-20)11-14-4-3-9-31-14/h7-8,10,14H,1-6,9,11-12H2,(H,23,27)/t14-/m1/s1. The van der Waals surface area contributed by atoms with Crippen molar-refractivity contribution in [3.63, 3.8) is 0 Å². The minimum absolute atomic E-state index is 0.0280. The van der Waals surface area contributed by atoms with E-state index in [9.17, 15) is 24.1 Å². The van der Waals surface area contributed by atoms with Crippen LogP contribution in [0.3, 0.4) is 0 Å². The van der Waals surface area contributed by atoms with Gasteiger partial charge in [0.25, 0.3) is 0 Å². The van der Waals surface area contributed by atoms with Gasteiger partial charge >= 0.3 is 11.4 Å². The number of aromatic nitrogens is 2. The van der Waals surface area contributed by atoms with Gasteiger partial charge in [-0.2, -0.15) is 9.37 Å². The van der Waals surface area contributed by atoms with Gasteiger partial charge in [-0.3, -0.25) is 19.5 Å². The van der Waals surface area contributed by atoms with Crippen molar-refractivity contribution in [2.45, 2.75) is 56.2 Å². The van der Waals surface area contributed by atoms with Crippen LogP contribution in [0.25, 0.3) is 0 Å². The smallest absolute Gasteiger partial charge is 0.348 e. The van der Waals surface area contributed by atoms with Gasteiger partial charge in [0.15, 0.2) is 0 Å². The molecular weight excluding hydrogens is 439 g/mol. The number of carbonyl (C=O) groups excluding carboxylic acids is 1. The number of rotatable bonds is 7. The zero-order chi connectivity index (χ0) is 22.7. The average molecular weight is 463 g/mol. The lowest BCUT2D eigenvalue weighted by molar-refractivity contribution is -0.387. The first kappa shape index (κ1) is 22.4. The van der Waals surface area contributed by atoms with Crippen LogP contribution >= 0.6 is 11.8 Å². The van der Waals surface area contributed by atoms with Crippen molar-refractivity contribution in [1.29, 1.82) is 0 Å². The summed E-state index contributed by atoms with van der Waals surface area (Å²) in [6.07, 6.45) is 5.53. The number of carbonyl (C=O) groups is 1. The Bertz CT molecular complexity index is 1100. The van der Waals surface area contributed by atoms with Crippen LogP contribution in [0.2, 0.25) is 0 Å². The van der Waals surface area contributed by atoms with Crippen LogP contribution in [0, 0.1) is 15.9 Å². The van der Waals surface area contributed by atoms with Gasteiger partial charge in [0.2, 0.25) is 11.7 Å². The first-order valence-electron chi connectivity index (χ1n) is 10.5. The molecule has 0 bridgehead atoms. The molecule has 11 heteroatoms. The normalized spacial score (nSPS) is 17.7. The molecule has 170 valence electrons. The Labute approximate surface area is 187 Å². The molecule has 32 heavy (non-hydrogen) atoms. The van der Waals surface area contributed by atoms with E-state index >= 15 is 0 Å². The number of nitrogens with zero attached hydrogens (tertiary/aromatic N) is 3. The number of halogens is 1. The van der Waals surface area contributed by atoms with E-state index in [-0.39, 0.29) is 23.2 Å². The topological polar surface area (TPSA) is 116 Å². The molecule has 1 atom stereocenters. The van der Waals surface area contributed by atoms with Crippen molar-refractivity contribution in [2.75, 3.05) is 17.7 Å². The molecule has 1 aliphatic heterocycles. The maximum Gasteiger partial charge on any atom is 0.348 e. The van der Waals surface area contributed by atoms with Gasteiger partial charge in [-0.1, -0.05) is 11.8 Å². The van der Waals surface area contributed by atoms with Crippen molar-refractivity contribution in [3.05, 3.63) is 55.9 Å². The number of nitro benzene ring substituents is 1. The van der Waals surface area contributed by atoms with Gasteiger partial charge in [0.05, 0.1) is 23.3 Å². The fraction of sp³-hybridized carbons (Fsp3) is 0.476. The molecule has 1 aliphatic carbocycles. The first-order chi connectivity index (χ1) is 15.4. The lowest BCUT2D eigenvalue weighted by Crippen LogP contribution is -2.34. The summed E-state index contributed by atoms with van der Waals surface area (Å²) in [6.45, 7) is 1.22. The van der Waals surface area contributed by atoms with Gasteiger partial charge < -0.3 is 10.1 Å². The highest BCUT2D eigenvalue weighted by atomic mass is 32.2. The Morgan fingerprint density at radius 2 is 2.16 bits per heavy atom. The third kappa shape index (κ3) is 4.99. The van der Waals surface area contributed by atoms with E-state index in [1.807, 2.05) is 0 Å². The van der Waals surface area contributed by atoms with Gasteiger partial charge in [-0.05, 0) is 50.7 Å². The van der Waals surface area contributed by atoms with Gasteiger partial charge in [0, 0.05) is 29.6 Å². The minimum Gasteiger partial charge on any atom is -0.376 e. The summed E-state index contributed by atoms with van der Waals surface area (Å²) in [5.41, 5.74) is 1.07. The largest absolute Gasteiger partial charge is 0.376 e. The van der Waals surface area contributed by atoms with Crippen LogP contribution in [0.5, 0.6) is 0 Å². The SMILES string of the molecule is O=C(CSc1nc(=O)n(C[C@H]2CCCO2)c2c1CCCC2)Nc1ccc(F)c([N+](=O)[O-])c1. The predicted molar refractivity (Wildman–Crippen MR) is 117 cm³/mol. The van der Waals surface area contributed by atoms with E-state index in [1.165, 1.54) is 17.8 Å². The summed E-state index contributed by atoms with van der Waals surface area (Å²) in [5, 5.41) is 14.0. The minimum atomic E-state index is -0.971. The van der Waals surface area contributed by atoms with Crippen LogP contribution in [-0.2, 0) is 28.9 Å². The first-order valence-corrected chi connectivity index (χ1v) is 11.5. The lowest BCUT2D eigenvalue weighted by atomic mass is 9.97. The summed E-state index contributed by atoms with van der Waals surface area (Å²) in [6, 6.07) is 3.17. The van der Waals surface area contributed by atoms with Crippen molar-refractivity contribution >= 4 is 29.0 Å². The molecule has 2 heterocycles. The summed E-state index contributed by atoms with van der Waals surface area (Å²) >= 11 is 1.17. The van der Waals surface area contributed by atoms with E-state index in [4.69, 9.17) is 4.74 Å². The van der Waals surface area contributed by atoms with E-state index in [2.05, 4.69) is 10.3 Å². The molecule has 1 fully saturated rings. The second-order valence-corrected chi connectivity index (χ2v) is 8.80. The van der Waals surface area contributed by atoms with Gasteiger partial charge in [0.1, 0.15) is 5.03 Å². The highest BCUT2D eigenvalue weighted by Gasteiger charge is 2.24. The number of ether oxygens (including phenoxy) is 1. The summed E-state index contributed by atoms with van der Waals surface area (Å²) < 4.78 is 20.9. The van der Waals surface area contributed by atoms with Crippen LogP contribution in [0.1, 0.15) is 36.9 Å². The molecule has 4 rings (SSSR count). The molecule has 1 saturated heterocycles. The molecule has 0 radical (unpaired) electrons. The van der Waals surface area contributed by atoms with Gasteiger partial charge in [-0.15, -0.1) is 0 Å². The molecule has 2 aliphatic rings. The fourth-order valence-corrected chi connectivity index (χ4v) is 4.99. The Morgan fingerprint density at radius 1 is 1.34 bits per heavy atom. The number of hydrogen-bond donors (Lipinski definition) is 1. The van der Waals surface area contributed by atoms with Crippen LogP contribution < -0.4 is 11.0 Å². The van der Waals surface area contributed by atoms with Crippen LogP contribution in [0.4, 0.5) is 15.8 Å². The highest BCUT2D eigenvalue weighted by molar-refractivity contribution is 8.00. The summed E-state index contributed by atoms with van der Waals surface area (Å²) in [7, 11) is 0. The predicted octanol–water partition coefficient (Wildman–Crippen LogP) is 3.08. The molecule has 1 aromatic carbocycles. The van der Waals surface area contributed by atoms with E-state index in [0.717, 1.165) is 68.5 Å². The molecule has 9 nitrogen and oxygen atoms in total. The fourth-order valence-electron chi connectivity index (χ4n) is 4.11. The second-order valence-electron chi connectivity index (χ2n) is 7.84. The number of thioether (sulfide) groups is 1.